The van der Waals surface area contributed by atoms with E-state index in [-0.39, 0.29) is 30.8 Å². The van der Waals surface area contributed by atoms with Crippen molar-refractivity contribution in [3.63, 3.8) is 0 Å². The smallest absolute Gasteiger partial charge is 0.300 e. The van der Waals surface area contributed by atoms with E-state index < -0.39 is 12.0 Å². The fraction of sp³-hybridized carbons (Fsp3) is 0.550. The van der Waals surface area contributed by atoms with Crippen molar-refractivity contribution in [1.82, 2.24) is 15.2 Å². The van der Waals surface area contributed by atoms with Gasteiger partial charge in [-0.3, -0.25) is 24.6 Å². The Morgan fingerprint density at radius 3 is 2.55 bits per heavy atom. The van der Waals surface area contributed by atoms with Crippen LogP contribution in [-0.4, -0.2) is 78.0 Å². The number of hydrogen-bond acceptors (Lipinski definition) is 8. The van der Waals surface area contributed by atoms with Gasteiger partial charge in [-0.15, -0.1) is 0 Å². The van der Waals surface area contributed by atoms with Crippen LogP contribution < -0.4 is 21.7 Å². The highest BCUT2D eigenvalue weighted by molar-refractivity contribution is 6.08. The van der Waals surface area contributed by atoms with Gasteiger partial charge in [-0.05, 0) is 31.5 Å². The largest absolute Gasteiger partial charge is 0.481 e. The Hall–Kier alpha value is -3.05. The van der Waals surface area contributed by atoms with E-state index in [1.165, 1.54) is 4.90 Å². The zero-order valence-electron chi connectivity index (χ0n) is 18.3. The Morgan fingerprint density at radius 2 is 2.00 bits per heavy atom. The molecule has 0 radical (unpaired) electrons. The topological polar surface area (TPSA) is 167 Å². The van der Waals surface area contributed by atoms with Crippen molar-refractivity contribution < 1.29 is 19.5 Å². The molecule has 1 aromatic heterocycles. The van der Waals surface area contributed by atoms with Crippen LogP contribution in [0.2, 0.25) is 0 Å². The van der Waals surface area contributed by atoms with Crippen LogP contribution in [0, 0.1) is 0 Å². The number of likely N-dealkylation sites (N-methyl/N-ethyl adjacent to an activating group) is 1. The second-order valence-corrected chi connectivity index (χ2v) is 7.19. The molecular formula is C20H33N7O4. The van der Waals surface area contributed by atoms with Gasteiger partial charge in [0, 0.05) is 39.7 Å². The van der Waals surface area contributed by atoms with Crippen molar-refractivity contribution in [2.24, 2.45) is 16.5 Å². The van der Waals surface area contributed by atoms with Crippen LogP contribution in [0.15, 0.2) is 29.4 Å². The van der Waals surface area contributed by atoms with Gasteiger partial charge in [-0.2, -0.15) is 0 Å². The molecule has 2 atom stereocenters. The first-order valence-corrected chi connectivity index (χ1v) is 10.1. The molecule has 0 saturated heterocycles. The Labute approximate surface area is 182 Å². The van der Waals surface area contributed by atoms with Crippen LogP contribution in [0.4, 0.5) is 5.82 Å². The third-order valence-corrected chi connectivity index (χ3v) is 4.59. The number of guanidine groups is 1. The number of nitrogens with zero attached hydrogens (tertiary/aromatic N) is 4. The third kappa shape index (κ3) is 9.09. The van der Waals surface area contributed by atoms with Gasteiger partial charge in [-0.25, -0.2) is 9.98 Å². The van der Waals surface area contributed by atoms with Crippen molar-refractivity contribution in [1.29, 1.82) is 0 Å². The van der Waals surface area contributed by atoms with Crippen molar-refractivity contribution in [2.45, 2.75) is 44.7 Å². The summed E-state index contributed by atoms with van der Waals surface area (Å²) in [6.45, 7) is 1.90. The quantitative estimate of drug-likeness (QED) is 0.406. The zero-order valence-corrected chi connectivity index (χ0v) is 18.3. The molecule has 1 aliphatic rings. The molecule has 31 heavy (non-hydrogen) atoms. The van der Waals surface area contributed by atoms with Gasteiger partial charge in [-0.1, -0.05) is 12.5 Å². The summed E-state index contributed by atoms with van der Waals surface area (Å²) in [5, 5.41) is 10.2. The van der Waals surface area contributed by atoms with Gasteiger partial charge in [0.2, 0.25) is 11.9 Å². The molecule has 2 rings (SSSR count). The molecule has 2 heterocycles. The summed E-state index contributed by atoms with van der Waals surface area (Å²) in [4.78, 5) is 45.7. The van der Waals surface area contributed by atoms with Crippen molar-refractivity contribution in [3.8, 4) is 0 Å². The van der Waals surface area contributed by atoms with Crippen LogP contribution in [0.3, 0.4) is 0 Å². The van der Waals surface area contributed by atoms with Gasteiger partial charge in [0.1, 0.15) is 11.9 Å². The maximum atomic E-state index is 12.5. The Morgan fingerprint density at radius 1 is 1.32 bits per heavy atom. The molecule has 11 heteroatoms. The molecule has 0 aliphatic carbocycles. The first-order valence-electron chi connectivity index (χ1n) is 10.1. The fourth-order valence-corrected chi connectivity index (χ4v) is 2.83. The number of pyridine rings is 1. The standard InChI is InChI=1S/C18H29N7O2.C2H4O2/c1-24(16(26)11-13(20)7-3-5-9-19)14-12-22-18(23-17(14)27)25(2)15-8-4-6-10-21-15;1-2(3)4/h4,6,8,10,13-14H,3,5,7,9,11-12,19-20H2,1-2H3,(H,22,23,27);1H3,(H,3,4)/t13-,14?;/m0./s1. The number of carboxylic acid groups (broad SMARTS) is 1. The summed E-state index contributed by atoms with van der Waals surface area (Å²) < 4.78 is 0. The number of carbonyl (C=O) groups is 3. The Balaban J connectivity index is 0.00000110. The average Bonchev–Trinajstić information content (AvgIpc) is 2.73. The van der Waals surface area contributed by atoms with E-state index >= 15 is 0 Å². The van der Waals surface area contributed by atoms with Gasteiger partial charge in [0.05, 0.1) is 6.54 Å². The van der Waals surface area contributed by atoms with Crippen LogP contribution in [0.25, 0.3) is 0 Å². The van der Waals surface area contributed by atoms with E-state index in [4.69, 9.17) is 21.4 Å². The normalized spacial score (nSPS) is 16.2. The molecule has 0 bridgehead atoms. The number of carboxylic acids is 1. The first-order chi connectivity index (χ1) is 14.7. The van der Waals surface area contributed by atoms with E-state index in [0.29, 0.717) is 18.3 Å². The highest BCUT2D eigenvalue weighted by Gasteiger charge is 2.32. The van der Waals surface area contributed by atoms with E-state index in [9.17, 15) is 9.59 Å². The van der Waals surface area contributed by atoms with E-state index in [1.807, 2.05) is 18.2 Å². The molecule has 0 aromatic carbocycles. The van der Waals surface area contributed by atoms with Crippen LogP contribution in [-0.2, 0) is 14.4 Å². The number of aliphatic carboxylic acids is 1. The lowest BCUT2D eigenvalue weighted by molar-refractivity contribution is -0.138. The predicted octanol–water partition coefficient (Wildman–Crippen LogP) is -0.232. The van der Waals surface area contributed by atoms with Gasteiger partial charge < -0.3 is 21.5 Å². The van der Waals surface area contributed by atoms with Gasteiger partial charge in [0.25, 0.3) is 11.9 Å². The molecule has 0 fully saturated rings. The minimum atomic E-state index is -0.833. The zero-order chi connectivity index (χ0) is 23.4. The molecule has 1 aromatic rings. The fourth-order valence-electron chi connectivity index (χ4n) is 2.83. The number of nitrogens with one attached hydrogen (secondary N) is 1. The number of aliphatic imine (C=N–C) groups is 1. The summed E-state index contributed by atoms with van der Waals surface area (Å²) in [6.07, 6.45) is 4.40. The highest BCUT2D eigenvalue weighted by Crippen LogP contribution is 2.12. The monoisotopic (exact) mass is 435 g/mol. The van der Waals surface area contributed by atoms with Gasteiger partial charge >= 0.3 is 0 Å². The maximum Gasteiger partial charge on any atom is 0.300 e. The molecule has 0 saturated carbocycles. The van der Waals surface area contributed by atoms with Crippen molar-refractivity contribution in [2.75, 3.05) is 32.1 Å². The Bertz CT molecular complexity index is 753. The molecular weight excluding hydrogens is 402 g/mol. The molecule has 6 N–H and O–H groups in total. The molecule has 11 nitrogen and oxygen atoms in total. The minimum Gasteiger partial charge on any atom is -0.481 e. The van der Waals surface area contributed by atoms with E-state index in [0.717, 1.165) is 26.2 Å². The van der Waals surface area contributed by atoms with E-state index in [2.05, 4.69) is 15.3 Å². The molecule has 172 valence electrons. The number of anilines is 1. The minimum absolute atomic E-state index is 0.160. The third-order valence-electron chi connectivity index (χ3n) is 4.59. The summed E-state index contributed by atoms with van der Waals surface area (Å²) in [7, 11) is 3.39. The summed E-state index contributed by atoms with van der Waals surface area (Å²) in [6, 6.07) is 4.62. The molecule has 1 aliphatic heterocycles. The van der Waals surface area contributed by atoms with E-state index in [1.54, 1.807) is 25.2 Å². The lowest BCUT2D eigenvalue weighted by atomic mass is 10.1. The number of unbranched alkanes of at least 4 members (excludes halogenated alkanes) is 1. The number of rotatable bonds is 8. The van der Waals surface area contributed by atoms with Crippen molar-refractivity contribution >= 4 is 29.6 Å². The first kappa shape index (κ1) is 26.0. The second kappa shape index (κ2) is 13.3. The Kier molecular flexibility index (Phi) is 11.1. The summed E-state index contributed by atoms with van der Waals surface area (Å²) >= 11 is 0. The number of amides is 2. The molecule has 1 unspecified atom stereocenters. The number of hydrogen-bond donors (Lipinski definition) is 4. The van der Waals surface area contributed by atoms with Crippen LogP contribution >= 0.6 is 0 Å². The van der Waals surface area contributed by atoms with Crippen LogP contribution in [0.5, 0.6) is 0 Å². The average molecular weight is 436 g/mol. The maximum absolute atomic E-state index is 12.5. The molecule has 2 amide bonds. The van der Waals surface area contributed by atoms with Gasteiger partial charge in [0.15, 0.2) is 0 Å². The molecule has 0 spiro atoms. The van der Waals surface area contributed by atoms with Crippen LogP contribution in [0.1, 0.15) is 32.6 Å². The highest BCUT2D eigenvalue weighted by atomic mass is 16.4. The summed E-state index contributed by atoms with van der Waals surface area (Å²) in [5.41, 5.74) is 11.5. The number of aromatic nitrogens is 1. The number of nitrogens with two attached hydrogens (primary N) is 2. The second-order valence-electron chi connectivity index (χ2n) is 7.19. The lowest BCUT2D eigenvalue weighted by Gasteiger charge is -2.32. The SMILES string of the molecule is CC(=O)O.CN(C1=NCC(N(C)C(=O)C[C@@H](N)CCCCN)C(=O)N1)c1ccccn1. The lowest BCUT2D eigenvalue weighted by Crippen LogP contribution is -2.57. The predicted molar refractivity (Wildman–Crippen MR) is 118 cm³/mol. The van der Waals surface area contributed by atoms with Crippen molar-refractivity contribution in [3.05, 3.63) is 24.4 Å². The number of carbonyl (C=O) groups excluding carboxylic acids is 2. The summed E-state index contributed by atoms with van der Waals surface area (Å²) in [5.74, 6) is -0.181.